The Kier molecular flexibility index (Phi) is 6.88. The second-order valence-corrected chi connectivity index (χ2v) is 9.87. The van der Waals surface area contributed by atoms with Crippen LogP contribution in [0.4, 0.5) is 0 Å². The number of carbonyl (C=O) groups is 2. The molecule has 1 saturated carbocycles. The maximum Gasteiger partial charge on any atom is 0.270 e. The molecular weight excluding hydrogens is 475 g/mol. The summed E-state index contributed by atoms with van der Waals surface area (Å²) in [7, 11) is 0. The zero-order chi connectivity index (χ0) is 23.7. The summed E-state index contributed by atoms with van der Waals surface area (Å²) in [6, 6.07) is 9.09. The summed E-state index contributed by atoms with van der Waals surface area (Å²) in [5.41, 5.74) is 1.12. The van der Waals surface area contributed by atoms with E-state index in [0.29, 0.717) is 22.3 Å². The molecule has 2 aromatic rings. The maximum absolute atomic E-state index is 12.7. The summed E-state index contributed by atoms with van der Waals surface area (Å²) in [6.07, 6.45) is 8.02. The van der Waals surface area contributed by atoms with Gasteiger partial charge in [-0.2, -0.15) is 0 Å². The van der Waals surface area contributed by atoms with E-state index in [1.54, 1.807) is 18.2 Å². The van der Waals surface area contributed by atoms with Crippen LogP contribution in [0.1, 0.15) is 36.2 Å². The minimum atomic E-state index is -0.539. The SMILES string of the molecule is O=C(NC1CCC(NC(=O)C2CNC3C=C(Cl)C=CC3O2)CC1)c1ccc2cc(Cl)ccc2n1. The number of allylic oxidation sites excluding steroid dienone is 2. The number of carbonyl (C=O) groups excluding carboxylic acids is 2. The highest BCUT2D eigenvalue weighted by Crippen LogP contribution is 2.23. The standard InChI is InChI=1S/C25H26Cl2N4O3/c26-15-2-9-19-14(11-15)1-8-20(31-19)24(32)29-17-4-6-18(7-5-17)30-25(33)23-13-28-21-12-16(27)3-10-22(21)34-23/h1-3,8-12,17-18,21-23,28H,4-7,13H2,(H,29,32)(H,30,33). The predicted molar refractivity (Wildman–Crippen MR) is 132 cm³/mol. The fraction of sp³-hybridized carbons (Fsp3) is 0.400. The molecule has 7 nitrogen and oxygen atoms in total. The Bertz CT molecular complexity index is 1160. The third-order valence-corrected chi connectivity index (χ3v) is 7.07. The quantitative estimate of drug-likeness (QED) is 0.597. The first kappa shape index (κ1) is 23.3. The lowest BCUT2D eigenvalue weighted by molar-refractivity contribution is -0.139. The number of halogens is 2. The van der Waals surface area contributed by atoms with Crippen molar-refractivity contribution in [1.82, 2.24) is 20.9 Å². The first-order valence-electron chi connectivity index (χ1n) is 11.6. The molecule has 178 valence electrons. The van der Waals surface area contributed by atoms with Gasteiger partial charge in [-0.05, 0) is 62.1 Å². The number of aromatic nitrogens is 1. The summed E-state index contributed by atoms with van der Waals surface area (Å²) in [5.74, 6) is -0.289. The normalized spacial score (nSPS) is 28.6. The molecule has 1 saturated heterocycles. The zero-order valence-electron chi connectivity index (χ0n) is 18.5. The van der Waals surface area contributed by atoms with E-state index in [0.717, 1.165) is 36.6 Å². The van der Waals surface area contributed by atoms with Crippen molar-refractivity contribution in [2.24, 2.45) is 0 Å². The molecule has 1 aromatic heterocycles. The molecule has 3 unspecified atom stereocenters. The number of hydrogen-bond donors (Lipinski definition) is 3. The molecule has 2 heterocycles. The molecule has 0 radical (unpaired) electrons. The van der Waals surface area contributed by atoms with Crippen LogP contribution in [0.3, 0.4) is 0 Å². The van der Waals surface area contributed by atoms with Crippen LogP contribution in [-0.2, 0) is 9.53 Å². The first-order chi connectivity index (χ1) is 16.4. The van der Waals surface area contributed by atoms with E-state index in [1.165, 1.54) is 0 Å². The molecule has 5 rings (SSSR count). The van der Waals surface area contributed by atoms with Crippen LogP contribution < -0.4 is 16.0 Å². The Hall–Kier alpha value is -2.45. The lowest BCUT2D eigenvalue weighted by atomic mass is 9.91. The number of ether oxygens (including phenoxy) is 1. The molecule has 0 spiro atoms. The van der Waals surface area contributed by atoms with Crippen molar-refractivity contribution < 1.29 is 14.3 Å². The van der Waals surface area contributed by atoms with Crippen molar-refractivity contribution in [3.8, 4) is 0 Å². The summed E-state index contributed by atoms with van der Waals surface area (Å²) < 4.78 is 5.97. The minimum Gasteiger partial charge on any atom is -0.358 e. The van der Waals surface area contributed by atoms with Crippen LogP contribution in [0.2, 0.25) is 5.02 Å². The van der Waals surface area contributed by atoms with E-state index in [1.807, 2.05) is 30.4 Å². The van der Waals surface area contributed by atoms with Gasteiger partial charge in [0.15, 0.2) is 0 Å². The third kappa shape index (κ3) is 5.28. The monoisotopic (exact) mass is 500 g/mol. The molecule has 3 aliphatic rings. The van der Waals surface area contributed by atoms with Crippen molar-refractivity contribution in [1.29, 1.82) is 0 Å². The maximum atomic E-state index is 12.7. The number of benzene rings is 1. The molecule has 3 atom stereocenters. The topological polar surface area (TPSA) is 92.4 Å². The van der Waals surface area contributed by atoms with Gasteiger partial charge in [0.05, 0.1) is 17.7 Å². The van der Waals surface area contributed by atoms with Crippen LogP contribution in [0, 0.1) is 0 Å². The van der Waals surface area contributed by atoms with Gasteiger partial charge >= 0.3 is 0 Å². The number of fused-ring (bicyclic) bond motifs is 2. The molecule has 9 heteroatoms. The Morgan fingerprint density at radius 3 is 2.59 bits per heavy atom. The van der Waals surface area contributed by atoms with Crippen molar-refractivity contribution in [3.05, 3.63) is 64.3 Å². The van der Waals surface area contributed by atoms with Gasteiger partial charge < -0.3 is 20.7 Å². The summed E-state index contributed by atoms with van der Waals surface area (Å²) >= 11 is 12.1. The number of nitrogens with one attached hydrogen (secondary N) is 3. The highest BCUT2D eigenvalue weighted by Gasteiger charge is 2.34. The van der Waals surface area contributed by atoms with Crippen molar-refractivity contribution in [2.45, 2.75) is 56.0 Å². The molecule has 34 heavy (non-hydrogen) atoms. The van der Waals surface area contributed by atoms with E-state index in [-0.39, 0.29) is 36.0 Å². The lowest BCUT2D eigenvalue weighted by Gasteiger charge is -2.36. The Labute approximate surface area is 207 Å². The molecule has 2 amide bonds. The Morgan fingerprint density at radius 2 is 1.79 bits per heavy atom. The summed E-state index contributed by atoms with van der Waals surface area (Å²) in [5, 5.41) is 11.7. The van der Waals surface area contributed by atoms with Gasteiger partial charge in [-0.15, -0.1) is 0 Å². The molecule has 2 fully saturated rings. The van der Waals surface area contributed by atoms with Crippen LogP contribution in [0.15, 0.2) is 53.6 Å². The predicted octanol–water partition coefficient (Wildman–Crippen LogP) is 3.46. The van der Waals surface area contributed by atoms with Crippen molar-refractivity contribution in [3.63, 3.8) is 0 Å². The number of amides is 2. The molecule has 3 N–H and O–H groups in total. The highest BCUT2D eigenvalue weighted by atomic mass is 35.5. The summed E-state index contributed by atoms with van der Waals surface area (Å²) in [4.78, 5) is 29.9. The minimum absolute atomic E-state index is 0.00417. The van der Waals surface area contributed by atoms with Crippen LogP contribution in [0.5, 0.6) is 0 Å². The van der Waals surface area contributed by atoms with Gasteiger partial charge in [0.25, 0.3) is 11.8 Å². The van der Waals surface area contributed by atoms with E-state index < -0.39 is 6.10 Å². The molecule has 2 aliphatic carbocycles. The molecule has 1 aromatic carbocycles. The van der Waals surface area contributed by atoms with E-state index in [4.69, 9.17) is 27.9 Å². The van der Waals surface area contributed by atoms with Crippen molar-refractivity contribution >= 4 is 45.9 Å². The number of pyridine rings is 1. The van der Waals surface area contributed by atoms with Crippen LogP contribution >= 0.6 is 23.2 Å². The number of nitrogens with zero attached hydrogens (tertiary/aromatic N) is 1. The first-order valence-corrected chi connectivity index (χ1v) is 12.3. The number of morpholine rings is 1. The molecular formula is C25H26Cl2N4O3. The Balaban J connectivity index is 1.09. The van der Waals surface area contributed by atoms with E-state index >= 15 is 0 Å². The second-order valence-electron chi connectivity index (χ2n) is 9.00. The van der Waals surface area contributed by atoms with Crippen LogP contribution in [0.25, 0.3) is 10.9 Å². The van der Waals surface area contributed by atoms with Gasteiger partial charge in [0.2, 0.25) is 0 Å². The lowest BCUT2D eigenvalue weighted by Crippen LogP contribution is -2.57. The third-order valence-electron chi connectivity index (χ3n) is 6.58. The fourth-order valence-electron chi connectivity index (χ4n) is 4.73. The van der Waals surface area contributed by atoms with Gasteiger partial charge in [-0.3, -0.25) is 9.59 Å². The Morgan fingerprint density at radius 1 is 1.03 bits per heavy atom. The van der Waals surface area contributed by atoms with E-state index in [2.05, 4.69) is 20.9 Å². The highest BCUT2D eigenvalue weighted by molar-refractivity contribution is 6.31. The van der Waals surface area contributed by atoms with Gasteiger partial charge in [0, 0.05) is 34.1 Å². The average Bonchev–Trinajstić information content (AvgIpc) is 2.84. The van der Waals surface area contributed by atoms with Gasteiger partial charge in [0.1, 0.15) is 11.8 Å². The molecule has 0 bridgehead atoms. The smallest absolute Gasteiger partial charge is 0.270 e. The van der Waals surface area contributed by atoms with Crippen LogP contribution in [-0.4, -0.2) is 53.7 Å². The van der Waals surface area contributed by atoms with Crippen molar-refractivity contribution in [2.75, 3.05) is 6.54 Å². The van der Waals surface area contributed by atoms with E-state index in [9.17, 15) is 9.59 Å². The summed E-state index contributed by atoms with van der Waals surface area (Å²) in [6.45, 7) is 0.442. The number of rotatable bonds is 4. The van der Waals surface area contributed by atoms with Gasteiger partial charge in [-0.25, -0.2) is 4.98 Å². The number of hydrogen-bond acceptors (Lipinski definition) is 5. The second kappa shape index (κ2) is 10.0. The largest absolute Gasteiger partial charge is 0.358 e. The fourth-order valence-corrected chi connectivity index (χ4v) is 5.12. The van der Waals surface area contributed by atoms with Gasteiger partial charge in [-0.1, -0.05) is 35.3 Å². The zero-order valence-corrected chi connectivity index (χ0v) is 20.0. The average molecular weight is 501 g/mol. The molecule has 1 aliphatic heterocycles.